The third kappa shape index (κ3) is 3.08. The van der Waals surface area contributed by atoms with Crippen molar-refractivity contribution < 1.29 is 4.74 Å². The first-order valence-electron chi connectivity index (χ1n) is 6.07. The molecule has 0 bridgehead atoms. The van der Waals surface area contributed by atoms with Crippen molar-refractivity contribution in [3.05, 3.63) is 59.9 Å². The minimum absolute atomic E-state index is 0.219. The summed E-state index contributed by atoms with van der Waals surface area (Å²) in [6.07, 6.45) is 1.82. The zero-order valence-corrected chi connectivity index (χ0v) is 10.8. The van der Waals surface area contributed by atoms with Gasteiger partial charge >= 0.3 is 0 Å². The molecule has 0 saturated carbocycles. The van der Waals surface area contributed by atoms with Crippen molar-refractivity contribution in [3.8, 4) is 5.75 Å². The molecule has 0 spiro atoms. The molecule has 1 unspecified atom stereocenters. The molecule has 1 aromatic carbocycles. The van der Waals surface area contributed by atoms with E-state index in [1.165, 1.54) is 0 Å². The van der Waals surface area contributed by atoms with Crippen LogP contribution in [0, 0.1) is 0 Å². The van der Waals surface area contributed by atoms with Gasteiger partial charge in [0.15, 0.2) is 0 Å². The van der Waals surface area contributed by atoms with E-state index in [0.29, 0.717) is 0 Å². The Kier molecular flexibility index (Phi) is 4.31. The number of pyridine rings is 1. The first-order valence-corrected chi connectivity index (χ1v) is 6.07. The van der Waals surface area contributed by atoms with E-state index in [1.54, 1.807) is 7.11 Å². The van der Waals surface area contributed by atoms with Crippen LogP contribution in [0.4, 0.5) is 0 Å². The average molecular weight is 242 g/mol. The van der Waals surface area contributed by atoms with Crippen molar-refractivity contribution in [3.63, 3.8) is 0 Å². The number of para-hydroxylation sites is 1. The van der Waals surface area contributed by atoms with Crippen LogP contribution in [-0.2, 0) is 6.54 Å². The van der Waals surface area contributed by atoms with Crippen LogP contribution in [0.3, 0.4) is 0 Å². The molecule has 0 aliphatic carbocycles. The van der Waals surface area contributed by atoms with Gasteiger partial charge in [0.2, 0.25) is 0 Å². The molecule has 1 heterocycles. The van der Waals surface area contributed by atoms with Crippen LogP contribution < -0.4 is 10.1 Å². The van der Waals surface area contributed by atoms with Gasteiger partial charge in [-0.1, -0.05) is 24.3 Å². The molecule has 1 aromatic heterocycles. The molecule has 0 radical (unpaired) electrons. The zero-order chi connectivity index (χ0) is 12.8. The van der Waals surface area contributed by atoms with E-state index in [9.17, 15) is 0 Å². The van der Waals surface area contributed by atoms with Crippen LogP contribution in [0.5, 0.6) is 5.75 Å². The standard InChI is InChI=1S/C15H18N2O/c1-12(14-8-5-6-10-16-14)17-11-13-7-3-4-9-15(13)18-2/h3-10,12,17H,11H2,1-2H3. The number of nitrogens with zero attached hydrogens (tertiary/aromatic N) is 1. The summed E-state index contributed by atoms with van der Waals surface area (Å²) in [6, 6.07) is 14.2. The van der Waals surface area contributed by atoms with Crippen LogP contribution >= 0.6 is 0 Å². The van der Waals surface area contributed by atoms with E-state index in [1.807, 2.05) is 42.6 Å². The van der Waals surface area contributed by atoms with Crippen molar-refractivity contribution in [2.24, 2.45) is 0 Å². The molecule has 3 nitrogen and oxygen atoms in total. The highest BCUT2D eigenvalue weighted by atomic mass is 16.5. The topological polar surface area (TPSA) is 34.1 Å². The van der Waals surface area contributed by atoms with Gasteiger partial charge in [0.05, 0.1) is 12.8 Å². The number of benzene rings is 1. The Hall–Kier alpha value is -1.87. The summed E-state index contributed by atoms with van der Waals surface area (Å²) in [6.45, 7) is 2.87. The highest BCUT2D eigenvalue weighted by molar-refractivity contribution is 5.33. The third-order valence-electron chi connectivity index (χ3n) is 2.92. The molecule has 3 heteroatoms. The van der Waals surface area contributed by atoms with Crippen molar-refractivity contribution in [2.45, 2.75) is 19.5 Å². The van der Waals surface area contributed by atoms with Crippen LogP contribution in [0.1, 0.15) is 24.2 Å². The van der Waals surface area contributed by atoms with Crippen molar-refractivity contribution in [1.29, 1.82) is 0 Å². The van der Waals surface area contributed by atoms with E-state index in [-0.39, 0.29) is 6.04 Å². The smallest absolute Gasteiger partial charge is 0.123 e. The summed E-state index contributed by atoms with van der Waals surface area (Å²) in [5, 5.41) is 3.45. The molecule has 18 heavy (non-hydrogen) atoms. The van der Waals surface area contributed by atoms with Gasteiger partial charge in [0.1, 0.15) is 5.75 Å². The molecule has 0 fully saturated rings. The maximum atomic E-state index is 5.33. The summed E-state index contributed by atoms with van der Waals surface area (Å²) in [4.78, 5) is 4.34. The molecular weight excluding hydrogens is 224 g/mol. The van der Waals surface area contributed by atoms with E-state index in [2.05, 4.69) is 23.3 Å². The van der Waals surface area contributed by atoms with Crippen molar-refractivity contribution in [2.75, 3.05) is 7.11 Å². The van der Waals surface area contributed by atoms with Gasteiger partial charge in [-0.25, -0.2) is 0 Å². The van der Waals surface area contributed by atoms with Gasteiger partial charge in [0.25, 0.3) is 0 Å². The molecule has 1 N–H and O–H groups in total. The van der Waals surface area contributed by atoms with E-state index < -0.39 is 0 Å². The highest BCUT2D eigenvalue weighted by Crippen LogP contribution is 2.18. The number of methoxy groups -OCH3 is 1. The largest absolute Gasteiger partial charge is 0.496 e. The number of hydrogen-bond acceptors (Lipinski definition) is 3. The lowest BCUT2D eigenvalue weighted by Gasteiger charge is -2.14. The molecule has 0 aliphatic rings. The second-order valence-electron chi connectivity index (χ2n) is 4.17. The normalized spacial score (nSPS) is 12.1. The second-order valence-corrected chi connectivity index (χ2v) is 4.17. The Balaban J connectivity index is 1.99. The maximum Gasteiger partial charge on any atom is 0.123 e. The SMILES string of the molecule is COc1ccccc1CNC(C)c1ccccn1. The first kappa shape index (κ1) is 12.6. The molecule has 2 rings (SSSR count). The van der Waals surface area contributed by atoms with Gasteiger partial charge in [-0.3, -0.25) is 4.98 Å². The lowest BCUT2D eigenvalue weighted by molar-refractivity contribution is 0.406. The number of hydrogen-bond donors (Lipinski definition) is 1. The minimum Gasteiger partial charge on any atom is -0.496 e. The predicted molar refractivity (Wildman–Crippen MR) is 72.5 cm³/mol. The van der Waals surface area contributed by atoms with E-state index in [4.69, 9.17) is 4.74 Å². The Morgan fingerprint density at radius 1 is 1.17 bits per heavy atom. The second kappa shape index (κ2) is 6.17. The van der Waals surface area contributed by atoms with E-state index in [0.717, 1.165) is 23.6 Å². The van der Waals surface area contributed by atoms with Crippen LogP contribution in [-0.4, -0.2) is 12.1 Å². The summed E-state index contributed by atoms with van der Waals surface area (Å²) in [5.74, 6) is 0.915. The Morgan fingerprint density at radius 3 is 2.67 bits per heavy atom. The Morgan fingerprint density at radius 2 is 1.94 bits per heavy atom. The molecule has 0 aliphatic heterocycles. The van der Waals surface area contributed by atoms with Gasteiger partial charge in [0, 0.05) is 24.3 Å². The van der Waals surface area contributed by atoms with Crippen LogP contribution in [0.2, 0.25) is 0 Å². The summed E-state index contributed by atoms with van der Waals surface area (Å²) < 4.78 is 5.33. The van der Waals surface area contributed by atoms with Crippen LogP contribution in [0.15, 0.2) is 48.7 Å². The predicted octanol–water partition coefficient (Wildman–Crippen LogP) is 2.94. The van der Waals surface area contributed by atoms with Crippen molar-refractivity contribution >= 4 is 0 Å². The third-order valence-corrected chi connectivity index (χ3v) is 2.92. The Labute approximate surface area is 108 Å². The summed E-state index contributed by atoms with van der Waals surface area (Å²) in [5.41, 5.74) is 2.20. The number of nitrogens with one attached hydrogen (secondary N) is 1. The summed E-state index contributed by atoms with van der Waals surface area (Å²) in [7, 11) is 1.70. The average Bonchev–Trinajstić information content (AvgIpc) is 2.46. The molecule has 2 aromatic rings. The lowest BCUT2D eigenvalue weighted by Crippen LogP contribution is -2.19. The fourth-order valence-corrected chi connectivity index (χ4v) is 1.85. The van der Waals surface area contributed by atoms with Gasteiger partial charge < -0.3 is 10.1 Å². The number of aromatic nitrogens is 1. The highest BCUT2D eigenvalue weighted by Gasteiger charge is 2.07. The van der Waals surface area contributed by atoms with Gasteiger partial charge in [-0.05, 0) is 25.1 Å². The molecular formula is C15H18N2O. The molecule has 94 valence electrons. The van der Waals surface area contributed by atoms with E-state index >= 15 is 0 Å². The van der Waals surface area contributed by atoms with Gasteiger partial charge in [-0.15, -0.1) is 0 Å². The van der Waals surface area contributed by atoms with Gasteiger partial charge in [-0.2, -0.15) is 0 Å². The zero-order valence-electron chi connectivity index (χ0n) is 10.8. The molecule has 1 atom stereocenters. The fourth-order valence-electron chi connectivity index (χ4n) is 1.85. The minimum atomic E-state index is 0.219. The van der Waals surface area contributed by atoms with Crippen LogP contribution in [0.25, 0.3) is 0 Å². The summed E-state index contributed by atoms with van der Waals surface area (Å²) >= 11 is 0. The number of rotatable bonds is 5. The number of ether oxygens (including phenoxy) is 1. The first-order chi connectivity index (χ1) is 8.81. The monoisotopic (exact) mass is 242 g/mol. The molecule has 0 saturated heterocycles. The lowest BCUT2D eigenvalue weighted by atomic mass is 10.1. The Bertz CT molecular complexity index is 485. The quantitative estimate of drug-likeness (QED) is 0.875. The fraction of sp³-hybridized carbons (Fsp3) is 0.267. The maximum absolute atomic E-state index is 5.33. The van der Waals surface area contributed by atoms with Crippen molar-refractivity contribution in [1.82, 2.24) is 10.3 Å². The molecule has 0 amide bonds.